The molecule has 128 valence electrons. The van der Waals surface area contributed by atoms with E-state index in [9.17, 15) is 4.79 Å². The Morgan fingerprint density at radius 3 is 2.52 bits per heavy atom. The van der Waals surface area contributed by atoms with Crippen molar-refractivity contribution in [3.63, 3.8) is 0 Å². The highest BCUT2D eigenvalue weighted by molar-refractivity contribution is 5.81. The van der Waals surface area contributed by atoms with Crippen molar-refractivity contribution in [3.8, 4) is 0 Å². The number of aromatic amines is 1. The first kappa shape index (κ1) is 16.5. The first-order valence-electron chi connectivity index (χ1n) is 9.27. The van der Waals surface area contributed by atoms with Crippen LogP contribution in [0.1, 0.15) is 69.8 Å². The van der Waals surface area contributed by atoms with E-state index < -0.39 is 0 Å². The fraction of sp³-hybridized carbons (Fsp3) is 0.778. The Balaban J connectivity index is 1.46. The predicted octanol–water partition coefficient (Wildman–Crippen LogP) is 2.82. The normalized spacial score (nSPS) is 23.3. The summed E-state index contributed by atoms with van der Waals surface area (Å²) in [6.45, 7) is 4.05. The second-order valence-corrected chi connectivity index (χ2v) is 7.21. The minimum absolute atomic E-state index is 0.0106. The summed E-state index contributed by atoms with van der Waals surface area (Å²) in [5, 5.41) is 10.3. The van der Waals surface area contributed by atoms with Gasteiger partial charge in [0.05, 0.1) is 12.2 Å². The summed E-state index contributed by atoms with van der Waals surface area (Å²) in [6, 6.07) is 0.388. The summed E-state index contributed by atoms with van der Waals surface area (Å²) in [6.07, 6.45) is 13.6. The average Bonchev–Trinajstić information content (AvgIpc) is 3.00. The van der Waals surface area contributed by atoms with Crippen molar-refractivity contribution in [1.82, 2.24) is 20.4 Å². The van der Waals surface area contributed by atoms with E-state index in [1.54, 1.807) is 0 Å². The molecule has 1 aliphatic carbocycles. The van der Waals surface area contributed by atoms with Gasteiger partial charge in [0.15, 0.2) is 0 Å². The van der Waals surface area contributed by atoms with Crippen LogP contribution >= 0.6 is 0 Å². The molecular formula is C18H30N4O. The number of likely N-dealkylation sites (tertiary alicyclic amines) is 1. The van der Waals surface area contributed by atoms with Gasteiger partial charge in [0.2, 0.25) is 5.91 Å². The highest BCUT2D eigenvalue weighted by atomic mass is 16.2. The van der Waals surface area contributed by atoms with Crippen LogP contribution in [-0.2, 0) is 4.79 Å². The van der Waals surface area contributed by atoms with Crippen LogP contribution in [0.15, 0.2) is 12.4 Å². The predicted molar refractivity (Wildman–Crippen MR) is 91.2 cm³/mol. The molecular weight excluding hydrogens is 288 g/mol. The fourth-order valence-electron chi connectivity index (χ4n) is 4.02. The molecule has 1 atom stereocenters. The molecule has 0 aromatic carbocycles. The molecule has 1 aromatic rings. The van der Waals surface area contributed by atoms with Crippen molar-refractivity contribution >= 4 is 5.91 Å². The van der Waals surface area contributed by atoms with E-state index >= 15 is 0 Å². The molecule has 0 radical (unpaired) electrons. The largest absolute Gasteiger partial charge is 0.352 e. The number of amides is 1. The molecule has 1 saturated carbocycles. The molecule has 0 bridgehead atoms. The van der Waals surface area contributed by atoms with E-state index in [2.05, 4.69) is 27.3 Å². The SMILES string of the molecule is CC(C(=O)NC1CCCCCC1)N1CCC(c2cn[nH]c2)CC1. The van der Waals surface area contributed by atoms with Gasteiger partial charge in [-0.3, -0.25) is 14.8 Å². The van der Waals surface area contributed by atoms with E-state index in [1.165, 1.54) is 31.2 Å². The van der Waals surface area contributed by atoms with Crippen LogP contribution in [0.4, 0.5) is 0 Å². The highest BCUT2D eigenvalue weighted by Crippen LogP contribution is 2.28. The first-order valence-corrected chi connectivity index (χ1v) is 9.27. The maximum atomic E-state index is 12.6. The topological polar surface area (TPSA) is 61.0 Å². The summed E-state index contributed by atoms with van der Waals surface area (Å²) < 4.78 is 0. The van der Waals surface area contributed by atoms with Crippen LogP contribution in [0.2, 0.25) is 0 Å². The van der Waals surface area contributed by atoms with Crippen LogP contribution in [-0.4, -0.2) is 46.2 Å². The lowest BCUT2D eigenvalue weighted by atomic mass is 9.91. The van der Waals surface area contributed by atoms with Crippen LogP contribution in [0.25, 0.3) is 0 Å². The van der Waals surface area contributed by atoms with Gasteiger partial charge < -0.3 is 5.32 Å². The van der Waals surface area contributed by atoms with Crippen LogP contribution in [0.3, 0.4) is 0 Å². The number of carbonyl (C=O) groups excluding carboxylic acids is 1. The molecule has 3 rings (SSSR count). The van der Waals surface area contributed by atoms with Gasteiger partial charge in [0.1, 0.15) is 0 Å². The van der Waals surface area contributed by atoms with Crippen LogP contribution in [0.5, 0.6) is 0 Å². The van der Waals surface area contributed by atoms with Gasteiger partial charge in [-0.05, 0) is 57.2 Å². The zero-order chi connectivity index (χ0) is 16.1. The number of aromatic nitrogens is 2. The van der Waals surface area contributed by atoms with Gasteiger partial charge in [-0.15, -0.1) is 0 Å². The minimum Gasteiger partial charge on any atom is -0.352 e. The molecule has 1 saturated heterocycles. The first-order chi connectivity index (χ1) is 11.2. The standard InChI is InChI=1S/C18H30N4O/c1-14(18(23)21-17-6-4-2-3-5-7-17)22-10-8-15(9-11-22)16-12-19-20-13-16/h12-15,17H,2-11H2,1H3,(H,19,20)(H,21,23). The molecule has 5 nitrogen and oxygen atoms in total. The second kappa shape index (κ2) is 7.95. The smallest absolute Gasteiger partial charge is 0.237 e. The minimum atomic E-state index is -0.0106. The number of nitrogens with one attached hydrogen (secondary N) is 2. The van der Waals surface area contributed by atoms with Crippen molar-refractivity contribution in [1.29, 1.82) is 0 Å². The monoisotopic (exact) mass is 318 g/mol. The molecule has 5 heteroatoms. The Labute approximate surface area is 139 Å². The molecule has 2 heterocycles. The van der Waals surface area contributed by atoms with Gasteiger partial charge in [0, 0.05) is 12.2 Å². The number of H-pyrrole nitrogens is 1. The van der Waals surface area contributed by atoms with Crippen LogP contribution < -0.4 is 5.32 Å². The van der Waals surface area contributed by atoms with E-state index in [0.29, 0.717) is 12.0 Å². The Bertz CT molecular complexity index is 471. The summed E-state index contributed by atoms with van der Waals surface area (Å²) >= 11 is 0. The number of piperidine rings is 1. The fourth-order valence-corrected chi connectivity index (χ4v) is 4.02. The summed E-state index contributed by atoms with van der Waals surface area (Å²) in [7, 11) is 0. The Kier molecular flexibility index (Phi) is 5.70. The Morgan fingerprint density at radius 2 is 1.91 bits per heavy atom. The number of rotatable bonds is 4. The number of carbonyl (C=O) groups is 1. The number of hydrogen-bond acceptors (Lipinski definition) is 3. The van der Waals surface area contributed by atoms with E-state index in [0.717, 1.165) is 38.8 Å². The Hall–Kier alpha value is -1.36. The van der Waals surface area contributed by atoms with E-state index in [4.69, 9.17) is 0 Å². The molecule has 1 unspecified atom stereocenters. The Morgan fingerprint density at radius 1 is 1.22 bits per heavy atom. The molecule has 1 amide bonds. The van der Waals surface area contributed by atoms with Crippen LogP contribution in [0, 0.1) is 0 Å². The molecule has 23 heavy (non-hydrogen) atoms. The van der Waals surface area contributed by atoms with Gasteiger partial charge in [-0.25, -0.2) is 0 Å². The van der Waals surface area contributed by atoms with Gasteiger partial charge in [-0.1, -0.05) is 25.7 Å². The average molecular weight is 318 g/mol. The van der Waals surface area contributed by atoms with Gasteiger partial charge in [-0.2, -0.15) is 5.10 Å². The van der Waals surface area contributed by atoms with Crippen molar-refractivity contribution in [2.24, 2.45) is 0 Å². The molecule has 2 fully saturated rings. The third kappa shape index (κ3) is 4.34. The molecule has 2 N–H and O–H groups in total. The quantitative estimate of drug-likeness (QED) is 0.839. The lowest BCUT2D eigenvalue weighted by Crippen LogP contribution is -2.50. The van der Waals surface area contributed by atoms with Crippen molar-refractivity contribution < 1.29 is 4.79 Å². The molecule has 0 spiro atoms. The van der Waals surface area contributed by atoms with E-state index in [1.807, 2.05) is 12.4 Å². The van der Waals surface area contributed by atoms with E-state index in [-0.39, 0.29) is 11.9 Å². The second-order valence-electron chi connectivity index (χ2n) is 7.21. The number of nitrogens with zero attached hydrogens (tertiary/aromatic N) is 2. The van der Waals surface area contributed by atoms with Gasteiger partial charge >= 0.3 is 0 Å². The molecule has 1 aromatic heterocycles. The maximum Gasteiger partial charge on any atom is 0.237 e. The van der Waals surface area contributed by atoms with Crippen molar-refractivity contribution in [2.75, 3.05) is 13.1 Å². The third-order valence-electron chi connectivity index (χ3n) is 5.65. The summed E-state index contributed by atoms with van der Waals surface area (Å²) in [5.41, 5.74) is 1.31. The zero-order valence-corrected chi connectivity index (χ0v) is 14.3. The maximum absolute atomic E-state index is 12.6. The van der Waals surface area contributed by atoms with Crippen molar-refractivity contribution in [2.45, 2.75) is 76.3 Å². The summed E-state index contributed by atoms with van der Waals surface area (Å²) in [5.74, 6) is 0.806. The summed E-state index contributed by atoms with van der Waals surface area (Å²) in [4.78, 5) is 14.9. The number of hydrogen-bond donors (Lipinski definition) is 2. The van der Waals surface area contributed by atoms with Crippen molar-refractivity contribution in [3.05, 3.63) is 18.0 Å². The zero-order valence-electron chi connectivity index (χ0n) is 14.3. The lowest BCUT2D eigenvalue weighted by molar-refractivity contribution is -0.127. The highest BCUT2D eigenvalue weighted by Gasteiger charge is 2.28. The third-order valence-corrected chi connectivity index (χ3v) is 5.65. The lowest BCUT2D eigenvalue weighted by Gasteiger charge is -2.35. The molecule has 2 aliphatic rings. The molecule has 1 aliphatic heterocycles. The van der Waals surface area contributed by atoms with Gasteiger partial charge in [0.25, 0.3) is 0 Å².